The molecule has 10 rings (SSSR count). The quantitative estimate of drug-likeness (QED) is 0.132. The van der Waals surface area contributed by atoms with E-state index < -0.39 is 35.3 Å². The second-order valence-corrected chi connectivity index (χ2v) is 22.2. The van der Waals surface area contributed by atoms with Crippen LogP contribution < -0.4 is 9.47 Å². The van der Waals surface area contributed by atoms with Crippen LogP contribution in [0, 0.1) is 0 Å². The fourth-order valence-corrected chi connectivity index (χ4v) is 12.3. The van der Waals surface area contributed by atoms with Gasteiger partial charge in [0.1, 0.15) is 22.9 Å². The van der Waals surface area contributed by atoms with Crippen LogP contribution in [0.25, 0.3) is 43.4 Å². The number of carboxylic acids is 1. The number of hydrogen-bond acceptors (Lipinski definition) is 11. The zero-order valence-electron chi connectivity index (χ0n) is 40.2. The molecule has 4 aromatic heterocycles. The molecule has 67 heavy (non-hydrogen) atoms. The molecule has 0 fully saturated rings. The molecule has 0 radical (unpaired) electrons. The lowest BCUT2D eigenvalue weighted by Crippen LogP contribution is -2.29. The summed E-state index contributed by atoms with van der Waals surface area (Å²) in [5.74, 6) is 0.400. The predicted molar refractivity (Wildman–Crippen MR) is 262 cm³/mol. The Morgan fingerprint density at radius 1 is 0.627 bits per heavy atom. The van der Waals surface area contributed by atoms with Gasteiger partial charge < -0.3 is 28.8 Å². The highest BCUT2D eigenvalue weighted by molar-refractivity contribution is 7.16. The van der Waals surface area contributed by atoms with Crippen LogP contribution in [-0.4, -0.2) is 68.1 Å². The molecular weight excluding hydrogens is 885 g/mol. The first-order valence-corrected chi connectivity index (χ1v) is 25.2. The number of rotatable bonds is 10. The molecule has 0 saturated carbocycles. The van der Waals surface area contributed by atoms with Crippen molar-refractivity contribution in [2.75, 3.05) is 20.3 Å². The predicted octanol–water partition coefficient (Wildman–Crippen LogP) is 11.2. The molecule has 0 bridgehead atoms. The molecule has 2 aromatic carbocycles. The van der Waals surface area contributed by atoms with Gasteiger partial charge in [-0.2, -0.15) is 10.2 Å². The Hall–Kier alpha value is -5.28. The Kier molecular flexibility index (Phi) is 13.0. The van der Waals surface area contributed by atoms with Gasteiger partial charge in [-0.25, -0.2) is 9.59 Å². The number of esters is 1. The van der Waals surface area contributed by atoms with Gasteiger partial charge in [0.2, 0.25) is 0 Å². The molecular formula is C53H62N4O8S2. The summed E-state index contributed by atoms with van der Waals surface area (Å²) in [6.07, 6.45) is 8.74. The van der Waals surface area contributed by atoms with Gasteiger partial charge in [0, 0.05) is 35.0 Å². The van der Waals surface area contributed by atoms with Crippen molar-refractivity contribution in [3.8, 4) is 54.9 Å². The fraction of sp³-hybridized carbons (Fsp3) is 0.472. The highest BCUT2D eigenvalue weighted by atomic mass is 32.1. The molecule has 14 heteroatoms. The Balaban J connectivity index is 0.000000168. The SMILES string of the molecule is COC(=O)C(OC(C)(C)C)c1c(-c2ccc3c(c2)CCCO3)c(-c2cc3c(s2)CCC3)nn1C.Cn1nc(-c2cc3c(s2)CCC3)c(-c2ccc3c(c2)CCCO3)c1C(OC(C)(C)C)C(=O)O. The number of ether oxygens (including phenoxy) is 5. The van der Waals surface area contributed by atoms with Crippen molar-refractivity contribution in [1.82, 2.24) is 19.6 Å². The van der Waals surface area contributed by atoms with Crippen molar-refractivity contribution < 1.29 is 38.4 Å². The number of thiophene rings is 2. The number of methoxy groups -OCH3 is 1. The molecule has 0 saturated heterocycles. The average Bonchev–Trinajstić information content (AvgIpc) is 4.15. The summed E-state index contributed by atoms with van der Waals surface area (Å²) in [5, 5.41) is 20.0. The Bertz CT molecular complexity index is 2790. The number of hydrogen-bond donors (Lipinski definition) is 1. The van der Waals surface area contributed by atoms with E-state index in [2.05, 4.69) is 30.3 Å². The van der Waals surface area contributed by atoms with E-state index in [0.717, 1.165) is 125 Å². The molecule has 6 heterocycles. The third-order valence-corrected chi connectivity index (χ3v) is 15.1. The van der Waals surface area contributed by atoms with E-state index >= 15 is 0 Å². The third kappa shape index (κ3) is 9.73. The van der Waals surface area contributed by atoms with Crippen LogP contribution in [0.2, 0.25) is 0 Å². The molecule has 0 amide bonds. The molecule has 2 aliphatic heterocycles. The maximum atomic E-state index is 13.0. The minimum Gasteiger partial charge on any atom is -0.493 e. The van der Waals surface area contributed by atoms with Gasteiger partial charge in [-0.05, 0) is 176 Å². The summed E-state index contributed by atoms with van der Waals surface area (Å²) in [4.78, 5) is 30.5. The molecule has 6 aromatic rings. The van der Waals surface area contributed by atoms with Crippen LogP contribution in [0.4, 0.5) is 0 Å². The van der Waals surface area contributed by atoms with Crippen LogP contribution in [0.5, 0.6) is 11.5 Å². The summed E-state index contributed by atoms with van der Waals surface area (Å²) in [7, 11) is 5.10. The summed E-state index contributed by atoms with van der Waals surface area (Å²) in [5.41, 5.74) is 10.7. The largest absolute Gasteiger partial charge is 0.493 e. The van der Waals surface area contributed by atoms with Crippen molar-refractivity contribution in [2.45, 2.75) is 129 Å². The van der Waals surface area contributed by atoms with Crippen molar-refractivity contribution in [3.05, 3.63) is 91.9 Å². The minimum absolute atomic E-state index is 0.430. The van der Waals surface area contributed by atoms with E-state index in [-0.39, 0.29) is 0 Å². The minimum atomic E-state index is -1.13. The first-order chi connectivity index (χ1) is 32.0. The monoisotopic (exact) mass is 946 g/mol. The summed E-state index contributed by atoms with van der Waals surface area (Å²) >= 11 is 3.60. The Morgan fingerprint density at radius 2 is 1.06 bits per heavy atom. The lowest BCUT2D eigenvalue weighted by molar-refractivity contribution is -0.165. The second-order valence-electron chi connectivity index (χ2n) is 19.9. The first kappa shape index (κ1) is 46.8. The summed E-state index contributed by atoms with van der Waals surface area (Å²) < 4.78 is 32.7. The lowest BCUT2D eigenvalue weighted by Gasteiger charge is -2.27. The number of aryl methyl sites for hydroxylation is 8. The van der Waals surface area contributed by atoms with E-state index in [1.165, 1.54) is 46.4 Å². The van der Waals surface area contributed by atoms with Gasteiger partial charge >= 0.3 is 11.9 Å². The molecule has 12 nitrogen and oxygen atoms in total. The maximum Gasteiger partial charge on any atom is 0.341 e. The molecule has 1 N–H and O–H groups in total. The lowest BCUT2D eigenvalue weighted by atomic mass is 9.95. The number of carboxylic acid groups (broad SMARTS) is 1. The fourth-order valence-electron chi connectivity index (χ4n) is 9.77. The van der Waals surface area contributed by atoms with E-state index in [1.807, 2.05) is 85.2 Å². The number of carbonyl (C=O) groups is 2. The van der Waals surface area contributed by atoms with Crippen molar-refractivity contribution >= 4 is 34.6 Å². The van der Waals surface area contributed by atoms with Crippen LogP contribution in [0.1, 0.15) is 123 Å². The van der Waals surface area contributed by atoms with Crippen LogP contribution in [-0.2, 0) is 76.4 Å². The number of aromatic nitrogens is 4. The number of fused-ring (bicyclic) bond motifs is 4. The number of aliphatic carboxylic acids is 1. The zero-order valence-corrected chi connectivity index (χ0v) is 41.8. The van der Waals surface area contributed by atoms with Gasteiger partial charge in [0.25, 0.3) is 0 Å². The Morgan fingerprint density at radius 3 is 1.48 bits per heavy atom. The van der Waals surface area contributed by atoms with Gasteiger partial charge in [-0.1, -0.05) is 12.1 Å². The standard InChI is InChI=1S/C27H32N2O4S.C26H30N2O4S/c1-27(2,3)33-25(26(30)31-5)24-22(18-11-12-19-16(14-18)9-7-13-32-19)23(28-29(24)4)21-15-17-8-6-10-20(17)34-21;1-26(2,3)32-24(25(29)30)23-21(17-10-11-18-15(13-17)8-6-12-31-18)22(27-28(23)4)20-14-16-7-5-9-19(16)33-20/h11-12,14-15,25H,6-10,13H2,1-5H3;10-11,13-14,24H,5-9,12H2,1-4H3,(H,29,30). The summed E-state index contributed by atoms with van der Waals surface area (Å²) in [6.45, 7) is 12.9. The molecule has 2 aliphatic carbocycles. The molecule has 2 atom stereocenters. The average molecular weight is 947 g/mol. The van der Waals surface area contributed by atoms with Crippen molar-refractivity contribution in [2.24, 2.45) is 14.1 Å². The van der Waals surface area contributed by atoms with E-state index in [4.69, 9.17) is 33.9 Å². The van der Waals surface area contributed by atoms with Gasteiger partial charge in [0.05, 0.1) is 52.7 Å². The number of nitrogens with zero attached hydrogens (tertiary/aromatic N) is 4. The highest BCUT2D eigenvalue weighted by Crippen LogP contribution is 2.47. The van der Waals surface area contributed by atoms with Gasteiger partial charge in [-0.3, -0.25) is 9.36 Å². The summed E-state index contributed by atoms with van der Waals surface area (Å²) in [6, 6.07) is 17.0. The zero-order chi connectivity index (χ0) is 47.4. The molecule has 2 unspecified atom stereocenters. The molecule has 0 spiro atoms. The van der Waals surface area contributed by atoms with Crippen LogP contribution in [0.15, 0.2) is 48.5 Å². The molecule has 354 valence electrons. The third-order valence-electron chi connectivity index (χ3n) is 12.6. The van der Waals surface area contributed by atoms with Crippen molar-refractivity contribution in [3.63, 3.8) is 0 Å². The smallest absolute Gasteiger partial charge is 0.341 e. The molecule has 4 aliphatic rings. The number of benzene rings is 2. The van der Waals surface area contributed by atoms with Gasteiger partial charge in [0.15, 0.2) is 12.2 Å². The van der Waals surface area contributed by atoms with Crippen LogP contribution >= 0.6 is 22.7 Å². The first-order valence-electron chi connectivity index (χ1n) is 23.5. The second kappa shape index (κ2) is 18.7. The van der Waals surface area contributed by atoms with E-state index in [9.17, 15) is 14.7 Å². The Labute approximate surface area is 401 Å². The van der Waals surface area contributed by atoms with Crippen LogP contribution in [0.3, 0.4) is 0 Å². The maximum absolute atomic E-state index is 13.0. The topological polar surface area (TPSA) is 136 Å². The van der Waals surface area contributed by atoms with Crippen molar-refractivity contribution in [1.29, 1.82) is 0 Å². The van der Waals surface area contributed by atoms with E-state index in [1.54, 1.807) is 20.7 Å². The normalized spacial score (nSPS) is 16.1. The van der Waals surface area contributed by atoms with Gasteiger partial charge in [-0.15, -0.1) is 22.7 Å². The highest BCUT2D eigenvalue weighted by Gasteiger charge is 2.37. The number of carbonyl (C=O) groups excluding carboxylic acids is 1. The van der Waals surface area contributed by atoms with E-state index in [0.29, 0.717) is 11.4 Å².